The SMILES string of the molecule is CC(=O)O[C@H]1c2c(O)ccc(O)c2[C@@H](O)[C@H]2O[C@H]21. The van der Waals surface area contributed by atoms with Gasteiger partial charge in [-0.3, -0.25) is 4.79 Å². The van der Waals surface area contributed by atoms with Crippen molar-refractivity contribution >= 4 is 5.97 Å². The molecule has 0 spiro atoms. The van der Waals surface area contributed by atoms with E-state index >= 15 is 0 Å². The van der Waals surface area contributed by atoms with Gasteiger partial charge >= 0.3 is 5.97 Å². The summed E-state index contributed by atoms with van der Waals surface area (Å²) in [6.07, 6.45) is -2.79. The first-order valence-corrected chi connectivity index (χ1v) is 5.56. The van der Waals surface area contributed by atoms with E-state index in [2.05, 4.69) is 0 Å². The Morgan fingerprint density at radius 1 is 1.22 bits per heavy atom. The molecule has 1 aliphatic carbocycles. The molecular formula is C12H12O6. The molecule has 2 aliphatic rings. The third kappa shape index (κ3) is 1.46. The van der Waals surface area contributed by atoms with Gasteiger partial charge in [0.1, 0.15) is 29.8 Å². The van der Waals surface area contributed by atoms with E-state index in [-0.39, 0.29) is 22.6 Å². The van der Waals surface area contributed by atoms with Gasteiger partial charge in [0.25, 0.3) is 0 Å². The van der Waals surface area contributed by atoms with Gasteiger partial charge in [-0.1, -0.05) is 0 Å². The summed E-state index contributed by atoms with van der Waals surface area (Å²) in [6.45, 7) is 1.25. The van der Waals surface area contributed by atoms with E-state index in [1.165, 1.54) is 19.1 Å². The van der Waals surface area contributed by atoms with Crippen molar-refractivity contribution in [3.63, 3.8) is 0 Å². The fraction of sp³-hybridized carbons (Fsp3) is 0.417. The minimum Gasteiger partial charge on any atom is -0.508 e. The van der Waals surface area contributed by atoms with Crippen LogP contribution < -0.4 is 0 Å². The number of fused-ring (bicyclic) bond motifs is 2. The third-order valence-electron chi connectivity index (χ3n) is 3.29. The Kier molecular flexibility index (Phi) is 2.26. The van der Waals surface area contributed by atoms with Gasteiger partial charge < -0.3 is 24.8 Å². The highest BCUT2D eigenvalue weighted by Crippen LogP contribution is 2.54. The van der Waals surface area contributed by atoms with Crippen molar-refractivity contribution in [2.24, 2.45) is 0 Å². The van der Waals surface area contributed by atoms with E-state index < -0.39 is 30.4 Å². The van der Waals surface area contributed by atoms with Crippen LogP contribution in [0.4, 0.5) is 0 Å². The second-order valence-electron chi connectivity index (χ2n) is 4.47. The predicted octanol–water partition coefficient (Wildman–Crippen LogP) is 0.516. The lowest BCUT2D eigenvalue weighted by Crippen LogP contribution is -2.26. The van der Waals surface area contributed by atoms with Crippen LogP contribution >= 0.6 is 0 Å². The van der Waals surface area contributed by atoms with Crippen molar-refractivity contribution in [3.05, 3.63) is 23.3 Å². The average Bonchev–Trinajstić information content (AvgIpc) is 3.07. The maximum atomic E-state index is 11.1. The molecule has 6 nitrogen and oxygen atoms in total. The normalized spacial score (nSPS) is 32.3. The molecule has 1 heterocycles. The lowest BCUT2D eigenvalue weighted by molar-refractivity contribution is -0.148. The predicted molar refractivity (Wildman–Crippen MR) is 57.9 cm³/mol. The molecular weight excluding hydrogens is 240 g/mol. The summed E-state index contributed by atoms with van der Waals surface area (Å²) in [4.78, 5) is 11.1. The summed E-state index contributed by atoms with van der Waals surface area (Å²) >= 11 is 0. The molecule has 4 atom stereocenters. The van der Waals surface area contributed by atoms with E-state index in [1.54, 1.807) is 0 Å². The summed E-state index contributed by atoms with van der Waals surface area (Å²) < 4.78 is 10.4. The largest absolute Gasteiger partial charge is 0.508 e. The summed E-state index contributed by atoms with van der Waals surface area (Å²) in [6, 6.07) is 2.57. The zero-order valence-corrected chi connectivity index (χ0v) is 9.53. The Morgan fingerprint density at radius 3 is 2.44 bits per heavy atom. The van der Waals surface area contributed by atoms with Crippen LogP contribution in [0.1, 0.15) is 30.3 Å². The number of rotatable bonds is 1. The third-order valence-corrected chi connectivity index (χ3v) is 3.29. The molecule has 0 amide bonds. The van der Waals surface area contributed by atoms with E-state index in [0.29, 0.717) is 0 Å². The zero-order valence-electron chi connectivity index (χ0n) is 9.53. The smallest absolute Gasteiger partial charge is 0.303 e. The monoisotopic (exact) mass is 252 g/mol. The van der Waals surface area contributed by atoms with Crippen molar-refractivity contribution in [2.75, 3.05) is 0 Å². The van der Waals surface area contributed by atoms with Crippen LogP contribution in [0.15, 0.2) is 12.1 Å². The van der Waals surface area contributed by atoms with Crippen LogP contribution in [0.2, 0.25) is 0 Å². The standard InChI is InChI=1S/C12H12O6/c1-4(13)17-10-8-6(15)3-2-5(14)7(8)9(16)11-12(10)18-11/h2-3,9-12,14-16H,1H3/t9-,10+,11-,12+/m1/s1. The van der Waals surface area contributed by atoms with Crippen LogP contribution in [0.25, 0.3) is 0 Å². The highest BCUT2D eigenvalue weighted by atomic mass is 16.6. The second kappa shape index (κ2) is 3.60. The Bertz CT molecular complexity index is 526. The van der Waals surface area contributed by atoms with Crippen LogP contribution in [-0.2, 0) is 14.3 Å². The Morgan fingerprint density at radius 2 is 1.83 bits per heavy atom. The minimum atomic E-state index is -1.02. The van der Waals surface area contributed by atoms with Gasteiger partial charge in [-0.25, -0.2) is 0 Å². The van der Waals surface area contributed by atoms with E-state index in [0.717, 1.165) is 0 Å². The maximum Gasteiger partial charge on any atom is 0.303 e. The molecule has 0 saturated carbocycles. The maximum absolute atomic E-state index is 11.1. The van der Waals surface area contributed by atoms with Gasteiger partial charge in [0.2, 0.25) is 0 Å². The van der Waals surface area contributed by atoms with E-state index in [9.17, 15) is 20.1 Å². The molecule has 0 unspecified atom stereocenters. The number of carbonyl (C=O) groups is 1. The fourth-order valence-electron chi connectivity index (χ4n) is 2.49. The Balaban J connectivity index is 2.14. The van der Waals surface area contributed by atoms with Gasteiger partial charge in [-0.2, -0.15) is 0 Å². The quantitative estimate of drug-likeness (QED) is 0.383. The molecule has 0 radical (unpaired) electrons. The van der Waals surface area contributed by atoms with Gasteiger partial charge in [0, 0.05) is 18.1 Å². The first-order valence-electron chi connectivity index (χ1n) is 5.56. The molecule has 1 fully saturated rings. The molecule has 0 bridgehead atoms. The minimum absolute atomic E-state index is 0.137. The number of carbonyl (C=O) groups excluding carboxylic acids is 1. The van der Waals surface area contributed by atoms with Crippen molar-refractivity contribution in [2.45, 2.75) is 31.3 Å². The fourth-order valence-corrected chi connectivity index (χ4v) is 2.49. The average molecular weight is 252 g/mol. The summed E-state index contributed by atoms with van der Waals surface area (Å²) in [5.41, 5.74) is 0.386. The number of hydrogen-bond acceptors (Lipinski definition) is 6. The number of hydrogen-bond donors (Lipinski definition) is 3. The number of ether oxygens (including phenoxy) is 2. The van der Waals surface area contributed by atoms with Crippen molar-refractivity contribution in [1.29, 1.82) is 0 Å². The molecule has 96 valence electrons. The Hall–Kier alpha value is -1.79. The highest BCUT2D eigenvalue weighted by molar-refractivity contribution is 5.67. The van der Waals surface area contributed by atoms with Gasteiger partial charge in [-0.05, 0) is 12.1 Å². The number of aliphatic hydroxyl groups is 1. The van der Waals surface area contributed by atoms with Crippen LogP contribution in [0.5, 0.6) is 11.5 Å². The molecule has 1 aromatic rings. The van der Waals surface area contributed by atoms with Crippen LogP contribution in [0, 0.1) is 0 Å². The van der Waals surface area contributed by atoms with Gasteiger partial charge in [-0.15, -0.1) is 0 Å². The molecule has 3 N–H and O–H groups in total. The number of aromatic hydroxyl groups is 2. The first-order chi connectivity index (χ1) is 8.50. The number of benzene rings is 1. The van der Waals surface area contributed by atoms with Crippen molar-refractivity contribution in [3.8, 4) is 11.5 Å². The van der Waals surface area contributed by atoms with Crippen LogP contribution in [-0.4, -0.2) is 33.5 Å². The Labute approximate surface area is 102 Å². The van der Waals surface area contributed by atoms with E-state index in [1.807, 2.05) is 0 Å². The van der Waals surface area contributed by atoms with Crippen molar-refractivity contribution < 1.29 is 29.6 Å². The summed E-state index contributed by atoms with van der Waals surface area (Å²) in [7, 11) is 0. The van der Waals surface area contributed by atoms with Gasteiger partial charge in [0.05, 0.1) is 0 Å². The topological polar surface area (TPSA) is 99.5 Å². The summed E-state index contributed by atoms with van der Waals surface area (Å²) in [5, 5.41) is 29.6. The molecule has 1 aromatic carbocycles. The molecule has 18 heavy (non-hydrogen) atoms. The van der Waals surface area contributed by atoms with Gasteiger partial charge in [0.15, 0.2) is 6.10 Å². The number of aliphatic hydroxyl groups excluding tert-OH is 1. The molecule has 1 saturated heterocycles. The first kappa shape index (κ1) is 11.3. The molecule has 6 heteroatoms. The van der Waals surface area contributed by atoms with Crippen molar-refractivity contribution in [1.82, 2.24) is 0 Å². The molecule has 0 aromatic heterocycles. The van der Waals surface area contributed by atoms with E-state index in [4.69, 9.17) is 9.47 Å². The number of epoxide rings is 1. The lowest BCUT2D eigenvalue weighted by atomic mass is 9.86. The lowest BCUT2D eigenvalue weighted by Gasteiger charge is -2.26. The highest BCUT2D eigenvalue weighted by Gasteiger charge is 2.58. The number of esters is 1. The number of phenols is 2. The summed E-state index contributed by atoms with van der Waals surface area (Å²) in [5.74, 6) is -0.803. The second-order valence-corrected chi connectivity index (χ2v) is 4.47. The number of phenolic OH excluding ortho intramolecular Hbond substituents is 2. The zero-order chi connectivity index (χ0) is 13.0. The van der Waals surface area contributed by atoms with Crippen LogP contribution in [0.3, 0.4) is 0 Å². The molecule has 1 aliphatic heterocycles. The molecule has 3 rings (SSSR count).